The quantitative estimate of drug-likeness (QED) is 0.871. The van der Waals surface area contributed by atoms with Gasteiger partial charge in [0.2, 0.25) is 0 Å². The fraction of sp³-hybridized carbons (Fsp3) is 0.714. The molecule has 0 spiro atoms. The lowest BCUT2D eigenvalue weighted by atomic mass is 10.1. The molecule has 1 aromatic heterocycles. The fourth-order valence-electron chi connectivity index (χ4n) is 2.33. The van der Waals surface area contributed by atoms with Crippen LogP contribution in [-0.4, -0.2) is 29.7 Å². The highest BCUT2D eigenvalue weighted by molar-refractivity contribution is 5.35. The van der Waals surface area contributed by atoms with Crippen molar-refractivity contribution in [3.8, 4) is 0 Å². The normalized spacial score (nSPS) is 19.8. The molecule has 100 valence electrons. The predicted molar refractivity (Wildman–Crippen MR) is 72.9 cm³/mol. The Labute approximate surface area is 109 Å². The van der Waals surface area contributed by atoms with E-state index >= 15 is 0 Å². The summed E-state index contributed by atoms with van der Waals surface area (Å²) in [6, 6.07) is 2.04. The Morgan fingerprint density at radius 3 is 2.94 bits per heavy atom. The van der Waals surface area contributed by atoms with Gasteiger partial charge >= 0.3 is 0 Å². The minimum absolute atomic E-state index is 0.306. The predicted octanol–water partition coefficient (Wildman–Crippen LogP) is 2.58. The van der Waals surface area contributed by atoms with E-state index in [1.807, 2.05) is 13.1 Å². The van der Waals surface area contributed by atoms with Crippen LogP contribution in [-0.2, 0) is 17.6 Å². The lowest BCUT2D eigenvalue weighted by molar-refractivity contribution is 0.0156. The second kappa shape index (κ2) is 6.69. The lowest BCUT2D eigenvalue weighted by Crippen LogP contribution is -2.22. The standard InChI is InChI=1S/C14H23N3O/c1-3-6-11-9-13(15-2)17-14(16-11)10-12-7-4-5-8-18-12/h9,12H,3-8,10H2,1-2H3,(H,15,16,17). The molecule has 1 N–H and O–H groups in total. The minimum Gasteiger partial charge on any atom is -0.378 e. The number of hydrogen-bond acceptors (Lipinski definition) is 4. The molecule has 2 rings (SSSR count). The van der Waals surface area contributed by atoms with Gasteiger partial charge in [0, 0.05) is 31.8 Å². The molecule has 0 radical (unpaired) electrons. The number of nitrogens with one attached hydrogen (secondary N) is 1. The largest absolute Gasteiger partial charge is 0.378 e. The van der Waals surface area contributed by atoms with Gasteiger partial charge in [-0.05, 0) is 25.7 Å². The molecule has 0 aliphatic carbocycles. The smallest absolute Gasteiger partial charge is 0.133 e. The Morgan fingerprint density at radius 2 is 2.28 bits per heavy atom. The van der Waals surface area contributed by atoms with Gasteiger partial charge in [-0.3, -0.25) is 0 Å². The Balaban J connectivity index is 2.07. The zero-order valence-electron chi connectivity index (χ0n) is 11.4. The van der Waals surface area contributed by atoms with Crippen LogP contribution in [0.25, 0.3) is 0 Å². The van der Waals surface area contributed by atoms with Gasteiger partial charge < -0.3 is 10.1 Å². The van der Waals surface area contributed by atoms with Crippen LogP contribution < -0.4 is 5.32 Å². The van der Waals surface area contributed by atoms with E-state index < -0.39 is 0 Å². The highest BCUT2D eigenvalue weighted by Crippen LogP contribution is 2.17. The van der Waals surface area contributed by atoms with Crippen LogP contribution in [0.15, 0.2) is 6.07 Å². The first kappa shape index (κ1) is 13.3. The molecule has 0 aromatic carbocycles. The van der Waals surface area contributed by atoms with E-state index in [-0.39, 0.29) is 0 Å². The van der Waals surface area contributed by atoms with E-state index in [4.69, 9.17) is 4.74 Å². The van der Waals surface area contributed by atoms with E-state index in [1.165, 1.54) is 12.8 Å². The zero-order valence-corrected chi connectivity index (χ0v) is 11.4. The van der Waals surface area contributed by atoms with Crippen molar-refractivity contribution in [3.05, 3.63) is 17.6 Å². The van der Waals surface area contributed by atoms with Gasteiger partial charge in [-0.25, -0.2) is 9.97 Å². The summed E-state index contributed by atoms with van der Waals surface area (Å²) < 4.78 is 5.75. The number of nitrogens with zero attached hydrogens (tertiary/aromatic N) is 2. The van der Waals surface area contributed by atoms with E-state index in [0.29, 0.717) is 6.10 Å². The van der Waals surface area contributed by atoms with Crippen LogP contribution in [0.3, 0.4) is 0 Å². The molecule has 4 heteroatoms. The fourth-order valence-corrected chi connectivity index (χ4v) is 2.33. The second-order valence-electron chi connectivity index (χ2n) is 4.85. The molecule has 1 aromatic rings. The summed E-state index contributed by atoms with van der Waals surface area (Å²) in [5.74, 6) is 1.83. The summed E-state index contributed by atoms with van der Waals surface area (Å²) in [6.07, 6.45) is 6.85. The van der Waals surface area contributed by atoms with Crippen LogP contribution in [0.5, 0.6) is 0 Å². The molecule has 1 aliphatic heterocycles. The van der Waals surface area contributed by atoms with Crippen LogP contribution in [0.2, 0.25) is 0 Å². The maximum Gasteiger partial charge on any atom is 0.133 e. The highest BCUT2D eigenvalue weighted by atomic mass is 16.5. The summed E-state index contributed by atoms with van der Waals surface area (Å²) in [6.45, 7) is 3.06. The van der Waals surface area contributed by atoms with Crippen molar-refractivity contribution in [2.75, 3.05) is 19.0 Å². The Bertz CT molecular complexity index is 375. The van der Waals surface area contributed by atoms with Gasteiger partial charge in [0.1, 0.15) is 11.6 Å². The first-order chi connectivity index (χ1) is 8.81. The van der Waals surface area contributed by atoms with E-state index in [0.717, 1.165) is 49.6 Å². The van der Waals surface area contributed by atoms with Crippen LogP contribution in [0.4, 0.5) is 5.82 Å². The summed E-state index contributed by atoms with van der Waals surface area (Å²) in [7, 11) is 1.90. The maximum atomic E-state index is 5.75. The summed E-state index contributed by atoms with van der Waals surface area (Å²) in [4.78, 5) is 9.16. The molecule has 1 atom stereocenters. The molecule has 1 fully saturated rings. The van der Waals surface area contributed by atoms with Crippen molar-refractivity contribution in [2.24, 2.45) is 0 Å². The van der Waals surface area contributed by atoms with Gasteiger partial charge in [-0.15, -0.1) is 0 Å². The van der Waals surface area contributed by atoms with Crippen molar-refractivity contribution >= 4 is 5.82 Å². The third kappa shape index (κ3) is 3.67. The van der Waals surface area contributed by atoms with Crippen LogP contribution >= 0.6 is 0 Å². The van der Waals surface area contributed by atoms with Gasteiger partial charge in [0.15, 0.2) is 0 Å². The molecule has 0 bridgehead atoms. The Kier molecular flexibility index (Phi) is 4.93. The molecular weight excluding hydrogens is 226 g/mol. The zero-order chi connectivity index (χ0) is 12.8. The van der Waals surface area contributed by atoms with Crippen LogP contribution in [0.1, 0.15) is 44.1 Å². The third-order valence-electron chi connectivity index (χ3n) is 3.27. The molecule has 18 heavy (non-hydrogen) atoms. The van der Waals surface area contributed by atoms with Gasteiger partial charge in [-0.2, -0.15) is 0 Å². The SMILES string of the molecule is CCCc1cc(NC)nc(CC2CCCCO2)n1. The minimum atomic E-state index is 0.306. The molecule has 1 aliphatic rings. The van der Waals surface area contributed by atoms with Crippen molar-refractivity contribution in [3.63, 3.8) is 0 Å². The van der Waals surface area contributed by atoms with Crippen LogP contribution in [0, 0.1) is 0 Å². The van der Waals surface area contributed by atoms with Crippen molar-refractivity contribution in [1.29, 1.82) is 0 Å². The van der Waals surface area contributed by atoms with Crippen molar-refractivity contribution in [2.45, 2.75) is 51.6 Å². The molecule has 1 unspecified atom stereocenters. The lowest BCUT2D eigenvalue weighted by Gasteiger charge is -2.22. The molecule has 0 saturated carbocycles. The number of hydrogen-bond donors (Lipinski definition) is 1. The number of rotatable bonds is 5. The molecule has 2 heterocycles. The van der Waals surface area contributed by atoms with E-state index in [9.17, 15) is 0 Å². The summed E-state index contributed by atoms with van der Waals surface area (Å²) >= 11 is 0. The maximum absolute atomic E-state index is 5.75. The topological polar surface area (TPSA) is 47.0 Å². The highest BCUT2D eigenvalue weighted by Gasteiger charge is 2.16. The Hall–Kier alpha value is -1.16. The number of ether oxygens (including phenoxy) is 1. The molecule has 4 nitrogen and oxygen atoms in total. The summed E-state index contributed by atoms with van der Waals surface area (Å²) in [5.41, 5.74) is 1.13. The van der Waals surface area contributed by atoms with Crippen molar-refractivity contribution < 1.29 is 4.74 Å². The third-order valence-corrected chi connectivity index (χ3v) is 3.27. The number of aromatic nitrogens is 2. The first-order valence-corrected chi connectivity index (χ1v) is 6.98. The molecule has 1 saturated heterocycles. The van der Waals surface area contributed by atoms with Crippen molar-refractivity contribution in [1.82, 2.24) is 9.97 Å². The number of anilines is 1. The monoisotopic (exact) mass is 249 g/mol. The van der Waals surface area contributed by atoms with Gasteiger partial charge in [-0.1, -0.05) is 13.3 Å². The van der Waals surface area contributed by atoms with Gasteiger partial charge in [0.25, 0.3) is 0 Å². The molecular formula is C14H23N3O. The van der Waals surface area contributed by atoms with Gasteiger partial charge in [0.05, 0.1) is 6.10 Å². The first-order valence-electron chi connectivity index (χ1n) is 6.98. The molecule has 0 amide bonds. The van der Waals surface area contributed by atoms with E-state index in [2.05, 4.69) is 22.2 Å². The van der Waals surface area contributed by atoms with E-state index in [1.54, 1.807) is 0 Å². The average molecular weight is 249 g/mol. The number of aryl methyl sites for hydroxylation is 1. The second-order valence-corrected chi connectivity index (χ2v) is 4.85. The Morgan fingerprint density at radius 1 is 1.39 bits per heavy atom. The summed E-state index contributed by atoms with van der Waals surface area (Å²) in [5, 5.41) is 3.11. The average Bonchev–Trinajstić information content (AvgIpc) is 2.40.